The van der Waals surface area contributed by atoms with Crippen LogP contribution in [0, 0.1) is 0 Å². The summed E-state index contributed by atoms with van der Waals surface area (Å²) in [5.74, 6) is 0. The van der Waals surface area contributed by atoms with Crippen molar-refractivity contribution >= 4 is 28.4 Å². The van der Waals surface area contributed by atoms with E-state index in [-0.39, 0.29) is 0 Å². The first-order chi connectivity index (χ1) is 13.3. The van der Waals surface area contributed by atoms with Gasteiger partial charge in [-0.15, -0.1) is 11.3 Å². The molecule has 0 N–H and O–H groups in total. The lowest BCUT2D eigenvalue weighted by atomic mass is 10.1. The number of para-hydroxylation sites is 1. The molecule has 2 heteroatoms. The molecule has 1 aromatic heterocycles. The third-order valence-electron chi connectivity index (χ3n) is 4.68. The average Bonchev–Trinajstić information content (AvgIpc) is 3.26. The van der Waals surface area contributed by atoms with Crippen molar-refractivity contribution in [2.75, 3.05) is 4.90 Å². The average molecular weight is 370 g/mol. The highest BCUT2D eigenvalue weighted by Gasteiger charge is 2.12. The summed E-state index contributed by atoms with van der Waals surface area (Å²) in [6.07, 6.45) is 2.30. The molecule has 0 radical (unpaired) electrons. The summed E-state index contributed by atoms with van der Waals surface area (Å²) in [6.45, 7) is 2.22. The van der Waals surface area contributed by atoms with Gasteiger partial charge in [-0.3, -0.25) is 0 Å². The molecule has 0 bridgehead atoms. The van der Waals surface area contributed by atoms with E-state index in [9.17, 15) is 0 Å². The van der Waals surface area contributed by atoms with Crippen LogP contribution in [0.3, 0.4) is 0 Å². The van der Waals surface area contributed by atoms with Gasteiger partial charge in [0.2, 0.25) is 0 Å². The lowest BCUT2D eigenvalue weighted by molar-refractivity contribution is 0.922. The van der Waals surface area contributed by atoms with Gasteiger partial charge in [-0.2, -0.15) is 0 Å². The van der Waals surface area contributed by atoms with Gasteiger partial charge in [-0.1, -0.05) is 61.9 Å². The maximum atomic E-state index is 2.31. The summed E-state index contributed by atoms with van der Waals surface area (Å²) in [7, 11) is 0. The quantitative estimate of drug-likeness (QED) is 0.334. The predicted octanol–water partition coefficient (Wildman–Crippen LogP) is 7.84. The van der Waals surface area contributed by atoms with Crippen LogP contribution in [0.2, 0.25) is 0 Å². The van der Waals surface area contributed by atoms with E-state index in [2.05, 4.69) is 108 Å². The molecule has 0 fully saturated rings. The van der Waals surface area contributed by atoms with Gasteiger partial charge in [0, 0.05) is 21.9 Å². The molecule has 0 spiro atoms. The molecule has 0 aliphatic rings. The van der Waals surface area contributed by atoms with Crippen LogP contribution in [-0.4, -0.2) is 0 Å². The van der Waals surface area contributed by atoms with E-state index >= 15 is 0 Å². The first kappa shape index (κ1) is 17.6. The van der Waals surface area contributed by atoms with Crippen molar-refractivity contribution in [2.45, 2.75) is 19.8 Å². The molecule has 1 heterocycles. The minimum absolute atomic E-state index is 1.13. The van der Waals surface area contributed by atoms with Crippen LogP contribution >= 0.6 is 11.3 Å². The fourth-order valence-electron chi connectivity index (χ4n) is 3.34. The molecule has 4 rings (SSSR count). The molecule has 0 saturated heterocycles. The van der Waals surface area contributed by atoms with E-state index in [1.54, 1.807) is 11.3 Å². The van der Waals surface area contributed by atoms with E-state index in [1.165, 1.54) is 39.5 Å². The second kappa shape index (κ2) is 8.24. The highest BCUT2D eigenvalue weighted by molar-refractivity contribution is 7.13. The van der Waals surface area contributed by atoms with Crippen LogP contribution in [0.5, 0.6) is 0 Å². The molecule has 0 unspecified atom stereocenters. The minimum atomic E-state index is 1.13. The van der Waals surface area contributed by atoms with Crippen molar-refractivity contribution in [3.8, 4) is 10.4 Å². The van der Waals surface area contributed by atoms with Crippen LogP contribution in [0.15, 0.2) is 96.4 Å². The molecule has 0 saturated carbocycles. The molecule has 0 aliphatic carbocycles. The van der Waals surface area contributed by atoms with E-state index in [1.807, 2.05) is 0 Å². The largest absolute Gasteiger partial charge is 0.311 e. The van der Waals surface area contributed by atoms with E-state index in [0.29, 0.717) is 0 Å². The molecule has 134 valence electrons. The van der Waals surface area contributed by atoms with E-state index in [0.717, 1.165) is 6.42 Å². The summed E-state index contributed by atoms with van der Waals surface area (Å²) >= 11 is 1.78. The number of anilines is 3. The molecule has 1 nitrogen and oxygen atoms in total. The number of aryl methyl sites for hydroxylation is 1. The third kappa shape index (κ3) is 3.96. The van der Waals surface area contributed by atoms with Gasteiger partial charge >= 0.3 is 0 Å². The number of hydrogen-bond donors (Lipinski definition) is 0. The zero-order chi connectivity index (χ0) is 18.5. The number of thiophene rings is 1. The van der Waals surface area contributed by atoms with Crippen molar-refractivity contribution in [1.82, 2.24) is 0 Å². The van der Waals surface area contributed by atoms with Gasteiger partial charge in [0.15, 0.2) is 0 Å². The Bertz CT molecular complexity index is 955. The van der Waals surface area contributed by atoms with Crippen molar-refractivity contribution in [3.63, 3.8) is 0 Å². The molecule has 27 heavy (non-hydrogen) atoms. The van der Waals surface area contributed by atoms with Crippen molar-refractivity contribution in [3.05, 3.63) is 102 Å². The number of hydrogen-bond acceptors (Lipinski definition) is 2. The Labute approximate surface area is 165 Å². The Kier molecular flexibility index (Phi) is 5.36. The normalized spacial score (nSPS) is 10.7. The van der Waals surface area contributed by atoms with Crippen LogP contribution in [0.25, 0.3) is 10.4 Å². The standard InChI is InChI=1S/C25H23NS/c1-2-7-20-11-15-23(16-12-20)26(22-8-4-3-5-9-22)24-17-13-21(14-18-24)25-10-6-19-27-25/h3-6,8-19H,2,7H2,1H3. The number of nitrogens with zero attached hydrogens (tertiary/aromatic N) is 1. The van der Waals surface area contributed by atoms with Crippen LogP contribution in [0.1, 0.15) is 18.9 Å². The van der Waals surface area contributed by atoms with Gasteiger partial charge in [-0.25, -0.2) is 0 Å². The Morgan fingerprint density at radius 1 is 0.667 bits per heavy atom. The van der Waals surface area contributed by atoms with Gasteiger partial charge in [0.1, 0.15) is 0 Å². The Hall–Kier alpha value is -2.84. The lowest BCUT2D eigenvalue weighted by Gasteiger charge is -2.25. The summed E-state index contributed by atoms with van der Waals surface area (Å²) in [4.78, 5) is 3.62. The fraction of sp³-hybridized carbons (Fsp3) is 0.120. The maximum Gasteiger partial charge on any atom is 0.0462 e. The minimum Gasteiger partial charge on any atom is -0.311 e. The molecule has 3 aromatic carbocycles. The number of rotatable bonds is 6. The Morgan fingerprint density at radius 2 is 1.30 bits per heavy atom. The monoisotopic (exact) mass is 369 g/mol. The lowest BCUT2D eigenvalue weighted by Crippen LogP contribution is -2.09. The highest BCUT2D eigenvalue weighted by Crippen LogP contribution is 2.36. The van der Waals surface area contributed by atoms with Crippen LogP contribution < -0.4 is 4.90 Å². The van der Waals surface area contributed by atoms with Crippen LogP contribution in [-0.2, 0) is 6.42 Å². The molecule has 0 aliphatic heterocycles. The predicted molar refractivity (Wildman–Crippen MR) is 118 cm³/mol. The zero-order valence-corrected chi connectivity index (χ0v) is 16.3. The maximum absolute atomic E-state index is 2.31. The first-order valence-electron chi connectivity index (χ1n) is 9.43. The third-order valence-corrected chi connectivity index (χ3v) is 5.60. The van der Waals surface area contributed by atoms with Gasteiger partial charge in [-0.05, 0) is 65.4 Å². The van der Waals surface area contributed by atoms with Crippen LogP contribution in [0.4, 0.5) is 17.1 Å². The van der Waals surface area contributed by atoms with E-state index < -0.39 is 0 Å². The smallest absolute Gasteiger partial charge is 0.0462 e. The van der Waals surface area contributed by atoms with Crippen molar-refractivity contribution < 1.29 is 0 Å². The summed E-state index contributed by atoms with van der Waals surface area (Å²) in [6, 6.07) is 32.6. The molecular formula is C25H23NS. The van der Waals surface area contributed by atoms with Gasteiger partial charge < -0.3 is 4.90 Å². The molecular weight excluding hydrogens is 346 g/mol. The second-order valence-electron chi connectivity index (χ2n) is 6.61. The van der Waals surface area contributed by atoms with Gasteiger partial charge in [0.05, 0.1) is 0 Å². The van der Waals surface area contributed by atoms with E-state index in [4.69, 9.17) is 0 Å². The van der Waals surface area contributed by atoms with Crippen molar-refractivity contribution in [2.24, 2.45) is 0 Å². The molecule has 0 atom stereocenters. The highest BCUT2D eigenvalue weighted by atomic mass is 32.1. The fourth-order valence-corrected chi connectivity index (χ4v) is 4.08. The molecule has 0 amide bonds. The summed E-state index contributed by atoms with van der Waals surface area (Å²) in [5, 5.41) is 2.12. The Morgan fingerprint density at radius 3 is 1.89 bits per heavy atom. The first-order valence-corrected chi connectivity index (χ1v) is 10.3. The Balaban J connectivity index is 1.72. The summed E-state index contributed by atoms with van der Waals surface area (Å²) < 4.78 is 0. The topological polar surface area (TPSA) is 3.24 Å². The van der Waals surface area contributed by atoms with Gasteiger partial charge in [0.25, 0.3) is 0 Å². The SMILES string of the molecule is CCCc1ccc(N(c2ccccc2)c2ccc(-c3cccs3)cc2)cc1. The summed E-state index contributed by atoms with van der Waals surface area (Å²) in [5.41, 5.74) is 6.18. The zero-order valence-electron chi connectivity index (χ0n) is 15.5. The number of benzene rings is 3. The molecule has 4 aromatic rings. The van der Waals surface area contributed by atoms with Crippen molar-refractivity contribution in [1.29, 1.82) is 0 Å². The second-order valence-corrected chi connectivity index (χ2v) is 7.56.